The minimum absolute atomic E-state index is 0.185. The molecule has 0 atom stereocenters. The zero-order chi connectivity index (χ0) is 49.1. The van der Waals surface area contributed by atoms with E-state index in [0.717, 1.165) is 0 Å². The molecule has 1 aromatic rings. The van der Waals surface area contributed by atoms with Crippen molar-refractivity contribution in [3.63, 3.8) is 0 Å². The van der Waals surface area contributed by atoms with Crippen LogP contribution in [0.3, 0.4) is 0 Å². The van der Waals surface area contributed by atoms with E-state index in [4.69, 9.17) is 0 Å². The smallest absolute Gasteiger partial charge is 0.460 e. The molecule has 0 amide bonds. The molecule has 0 heterocycles. The van der Waals surface area contributed by atoms with Crippen molar-refractivity contribution in [2.75, 3.05) is 7.11 Å². The van der Waals surface area contributed by atoms with E-state index in [1.165, 1.54) is 0 Å². The van der Waals surface area contributed by atoms with Crippen LogP contribution in [0.25, 0.3) is 0 Å². The molecule has 0 aliphatic heterocycles. The first-order valence-corrected chi connectivity index (χ1v) is 13.2. The number of carbonyl (C=O) groups excluding carboxylic acids is 1. The lowest BCUT2D eigenvalue weighted by Gasteiger charge is -2.43. The van der Waals surface area contributed by atoms with Gasteiger partial charge in [0.15, 0.2) is 0 Å². The summed E-state index contributed by atoms with van der Waals surface area (Å²) in [5.41, 5.74) is -11.3. The lowest BCUT2D eigenvalue weighted by atomic mass is 9.84. The predicted octanol–water partition coefficient (Wildman–Crippen LogP) is 12.4. The fourth-order valence-corrected chi connectivity index (χ4v) is 3.92. The Balaban J connectivity index is 4.31. The van der Waals surface area contributed by atoms with E-state index in [-0.39, 0.29) is 7.11 Å². The Kier molecular flexibility index (Phi) is 12.6. The number of ether oxygens (including phenoxy) is 1. The van der Waals surface area contributed by atoms with Gasteiger partial charge in [0.25, 0.3) is 0 Å². The third kappa shape index (κ3) is 6.65. The molecule has 0 aromatic heterocycles. The number of methoxy groups -OCH3 is 1. The minimum Gasteiger partial charge on any atom is -0.465 e. The van der Waals surface area contributed by atoms with E-state index in [1.807, 2.05) is 0 Å². The molecule has 2 nitrogen and oxygen atoms in total. The lowest BCUT2D eigenvalue weighted by molar-refractivity contribution is -0.463. The molecule has 0 aliphatic rings. The van der Waals surface area contributed by atoms with Crippen molar-refractivity contribution in [3.05, 3.63) is 34.9 Å². The molecular weight excluding hydrogens is 966 g/mol. The number of hydrogen-bond donors (Lipinski definition) is 0. The predicted molar refractivity (Wildman–Crippen MR) is 117 cm³/mol. The van der Waals surface area contributed by atoms with Crippen molar-refractivity contribution in [2.24, 2.45) is 0 Å². The van der Waals surface area contributed by atoms with Crippen LogP contribution in [0, 0.1) is 0 Å². The molecule has 0 radical (unpaired) electrons. The molecule has 352 valence electrons. The second kappa shape index (κ2) is 13.9. The summed E-state index contributed by atoms with van der Waals surface area (Å²) in [4.78, 5) is 11.7. The highest BCUT2D eigenvalue weighted by Gasteiger charge is 2.97. The lowest BCUT2D eigenvalue weighted by Crippen LogP contribution is -2.74. The van der Waals surface area contributed by atoms with E-state index < -0.39 is 136 Å². The minimum atomic E-state index is -9.45. The molecule has 1 aromatic carbocycles. The molecule has 36 heteroatoms. The summed E-state index contributed by atoms with van der Waals surface area (Å²) in [5.74, 6) is -129. The first-order chi connectivity index (χ1) is 25.6. The highest BCUT2D eigenvalue weighted by Crippen LogP contribution is 2.67. The quantitative estimate of drug-likeness (QED) is 0.129. The molecular formula is C24H6F34O2. The van der Waals surface area contributed by atoms with Crippen molar-refractivity contribution < 1.29 is 159 Å². The van der Waals surface area contributed by atoms with Crippen molar-refractivity contribution >= 4 is 5.97 Å². The van der Waals surface area contributed by atoms with Crippen LogP contribution in [0.1, 0.15) is 21.5 Å². The highest BCUT2D eigenvalue weighted by molar-refractivity contribution is 5.90. The van der Waals surface area contributed by atoms with Gasteiger partial charge in [0.1, 0.15) is 0 Å². The van der Waals surface area contributed by atoms with Gasteiger partial charge in [-0.2, -0.15) is 149 Å². The summed E-state index contributed by atoms with van der Waals surface area (Å²) in [6.45, 7) is 0. The molecule has 0 aliphatic carbocycles. The standard InChI is InChI=1S/C24H6F34O2/c1-60-8(59)5-2-6(9(25,26)11(29,30)13(33,34)15(37,38)17(41,42)19(45,46)21(49,50)23(53,54)55)4-7(3-5)10(27,28)12(31,32)14(35,36)16(39,40)18(43,44)20(47,48)22(51,52)24(56,57)58/h2-4H,1H3. The largest absolute Gasteiger partial charge is 0.465 e. The maximum absolute atomic E-state index is 14.9. The summed E-state index contributed by atoms with van der Waals surface area (Å²) in [7, 11) is -0.185. The van der Waals surface area contributed by atoms with Gasteiger partial charge in [-0.15, -0.1) is 0 Å². The Bertz CT molecular complexity index is 1640. The SMILES string of the molecule is COC(=O)c1cc(C(F)(F)C(F)(F)C(F)(F)C(F)(F)C(F)(F)C(F)(F)C(F)(F)C(F)(F)F)cc(C(F)(F)C(F)(F)C(F)(F)C(F)(F)C(F)(F)C(F)(F)C(F)(F)C(F)(F)F)c1. The molecule has 0 saturated heterocycles. The summed E-state index contributed by atoms with van der Waals surface area (Å²) >= 11 is 0. The van der Waals surface area contributed by atoms with Crippen molar-refractivity contribution in [2.45, 2.75) is 95.3 Å². The fourth-order valence-electron chi connectivity index (χ4n) is 3.92. The van der Waals surface area contributed by atoms with E-state index in [9.17, 15) is 154 Å². The van der Waals surface area contributed by atoms with Crippen LogP contribution < -0.4 is 0 Å². The van der Waals surface area contributed by atoms with E-state index in [0.29, 0.717) is 0 Å². The first kappa shape index (κ1) is 54.3. The van der Waals surface area contributed by atoms with Crippen LogP contribution >= 0.6 is 0 Å². The number of rotatable bonds is 15. The Morgan fingerprint density at radius 3 is 0.683 bits per heavy atom. The normalized spacial score (nSPS) is 16.3. The number of esters is 1. The van der Waals surface area contributed by atoms with Crippen LogP contribution in [0.2, 0.25) is 0 Å². The second-order valence-electron chi connectivity index (χ2n) is 11.3. The maximum atomic E-state index is 14.9. The van der Waals surface area contributed by atoms with Crippen molar-refractivity contribution in [1.82, 2.24) is 0 Å². The molecule has 0 bridgehead atoms. The topological polar surface area (TPSA) is 26.3 Å². The average molecular weight is 972 g/mol. The molecule has 0 saturated carbocycles. The molecule has 0 N–H and O–H groups in total. The van der Waals surface area contributed by atoms with Gasteiger partial charge in [0, 0.05) is 11.1 Å². The monoisotopic (exact) mass is 972 g/mol. The van der Waals surface area contributed by atoms with E-state index >= 15 is 0 Å². The zero-order valence-corrected chi connectivity index (χ0v) is 26.4. The molecule has 0 unspecified atom stereocenters. The molecule has 1 rings (SSSR count). The van der Waals surface area contributed by atoms with E-state index in [2.05, 4.69) is 4.74 Å². The van der Waals surface area contributed by atoms with Gasteiger partial charge in [-0.25, -0.2) is 4.79 Å². The van der Waals surface area contributed by atoms with E-state index in [1.54, 1.807) is 0 Å². The Hall–Kier alpha value is -3.69. The number of hydrogen-bond acceptors (Lipinski definition) is 2. The van der Waals surface area contributed by atoms with Gasteiger partial charge in [-0.05, 0) is 18.2 Å². The van der Waals surface area contributed by atoms with Crippen LogP contribution in [0.15, 0.2) is 18.2 Å². The van der Waals surface area contributed by atoms with Crippen molar-refractivity contribution in [1.29, 1.82) is 0 Å². The number of benzene rings is 1. The van der Waals surface area contributed by atoms with Crippen LogP contribution in [-0.2, 0) is 16.6 Å². The third-order valence-electron chi connectivity index (χ3n) is 7.52. The number of carbonyl (C=O) groups is 1. The molecule has 0 fully saturated rings. The zero-order valence-electron chi connectivity index (χ0n) is 26.4. The van der Waals surface area contributed by atoms with Gasteiger partial charge in [0.2, 0.25) is 0 Å². The molecule has 0 spiro atoms. The van der Waals surface area contributed by atoms with Crippen LogP contribution in [0.5, 0.6) is 0 Å². The average Bonchev–Trinajstić information content (AvgIpc) is 3.05. The maximum Gasteiger partial charge on any atom is 0.460 e. The third-order valence-corrected chi connectivity index (χ3v) is 7.52. The highest BCUT2D eigenvalue weighted by atomic mass is 19.4. The Morgan fingerprint density at radius 2 is 0.500 bits per heavy atom. The summed E-state index contributed by atoms with van der Waals surface area (Å²) in [5, 5.41) is 0. The van der Waals surface area contributed by atoms with Gasteiger partial charge in [-0.1, -0.05) is 0 Å². The summed E-state index contributed by atoms with van der Waals surface area (Å²) in [6.07, 6.45) is -16.5. The van der Waals surface area contributed by atoms with Crippen molar-refractivity contribution in [3.8, 4) is 0 Å². The van der Waals surface area contributed by atoms with Gasteiger partial charge >= 0.3 is 101 Å². The number of alkyl halides is 34. The Labute approximate surface area is 303 Å². The van der Waals surface area contributed by atoms with Crippen LogP contribution in [-0.4, -0.2) is 96.5 Å². The van der Waals surface area contributed by atoms with Gasteiger partial charge in [-0.3, -0.25) is 0 Å². The van der Waals surface area contributed by atoms with Gasteiger partial charge in [0.05, 0.1) is 12.7 Å². The van der Waals surface area contributed by atoms with Crippen LogP contribution in [0.4, 0.5) is 149 Å². The fraction of sp³-hybridized carbons (Fsp3) is 0.708. The van der Waals surface area contributed by atoms with Gasteiger partial charge < -0.3 is 4.74 Å². The molecule has 60 heavy (non-hydrogen) atoms. The summed E-state index contributed by atoms with van der Waals surface area (Å²) < 4.78 is 468. The first-order valence-electron chi connectivity index (χ1n) is 13.2. The number of halogens is 34. The second-order valence-corrected chi connectivity index (χ2v) is 11.3. The summed E-state index contributed by atoms with van der Waals surface area (Å²) in [6, 6.07) is -5.53. The Morgan fingerprint density at radius 1 is 0.317 bits per heavy atom.